The van der Waals surface area contributed by atoms with Crippen LogP contribution in [0.5, 0.6) is 0 Å². The van der Waals surface area contributed by atoms with Crippen LogP contribution in [-0.4, -0.2) is 45.7 Å². The molecule has 1 saturated heterocycles. The van der Waals surface area contributed by atoms with Crippen LogP contribution in [0.25, 0.3) is 0 Å². The van der Waals surface area contributed by atoms with Gasteiger partial charge < -0.3 is 19.9 Å². The second-order valence-corrected chi connectivity index (χ2v) is 6.93. The number of β-amino-alcohol motifs (C(OH)–C–C–N with tert-alkyl or cyclic N) is 1. The van der Waals surface area contributed by atoms with E-state index in [9.17, 15) is 5.11 Å². The van der Waals surface area contributed by atoms with Gasteiger partial charge in [0.05, 0.1) is 12.6 Å². The fraction of sp³-hybridized carbons (Fsp3) is 0.550. The summed E-state index contributed by atoms with van der Waals surface area (Å²) >= 11 is 0. The molecule has 136 valence electrons. The Morgan fingerprint density at radius 1 is 1.24 bits per heavy atom. The Morgan fingerprint density at radius 3 is 2.72 bits per heavy atom. The quantitative estimate of drug-likeness (QED) is 0.774. The summed E-state index contributed by atoms with van der Waals surface area (Å²) in [5.41, 5.74) is 1.01. The van der Waals surface area contributed by atoms with Gasteiger partial charge in [-0.25, -0.2) is 4.98 Å². The summed E-state index contributed by atoms with van der Waals surface area (Å²) in [7, 11) is 0. The molecule has 0 amide bonds. The van der Waals surface area contributed by atoms with E-state index in [-0.39, 0.29) is 6.10 Å². The summed E-state index contributed by atoms with van der Waals surface area (Å²) in [6.45, 7) is 7.88. The van der Waals surface area contributed by atoms with Gasteiger partial charge in [-0.3, -0.25) is 0 Å². The van der Waals surface area contributed by atoms with Crippen molar-refractivity contribution >= 4 is 0 Å². The van der Waals surface area contributed by atoms with Crippen LogP contribution in [0, 0.1) is 5.92 Å². The molecule has 0 bridgehead atoms. The first kappa shape index (κ1) is 18.1. The molecule has 2 N–H and O–H groups in total. The Hall–Kier alpha value is -1.69. The minimum Gasteiger partial charge on any atom is -0.387 e. The Labute approximate surface area is 150 Å². The third kappa shape index (κ3) is 5.14. The van der Waals surface area contributed by atoms with Gasteiger partial charge in [0.15, 0.2) is 0 Å². The first-order valence-corrected chi connectivity index (χ1v) is 9.42. The highest BCUT2D eigenvalue weighted by Crippen LogP contribution is 2.20. The second-order valence-electron chi connectivity index (χ2n) is 6.93. The standard InChI is InChI=1S/C20H30N4O/c1-2-24-13-10-22-20(24)15-21-14-17-8-11-23(12-9-17)16-19(25)18-6-4-3-5-7-18/h3-7,10,13,17,19,21,25H,2,8-9,11-12,14-16H2,1H3/t19-/m1/s1. The average Bonchev–Trinajstić information content (AvgIpc) is 3.11. The van der Waals surface area contributed by atoms with Crippen LogP contribution in [0.4, 0.5) is 0 Å². The zero-order valence-electron chi connectivity index (χ0n) is 15.1. The molecule has 0 radical (unpaired) electrons. The predicted molar refractivity (Wildman–Crippen MR) is 100 cm³/mol. The normalized spacial score (nSPS) is 17.7. The van der Waals surface area contributed by atoms with Gasteiger partial charge in [0.25, 0.3) is 0 Å². The van der Waals surface area contributed by atoms with E-state index in [1.165, 1.54) is 12.8 Å². The number of hydrogen-bond donors (Lipinski definition) is 2. The molecule has 5 heteroatoms. The minimum absolute atomic E-state index is 0.385. The molecule has 0 unspecified atom stereocenters. The van der Waals surface area contributed by atoms with Gasteiger partial charge in [-0.2, -0.15) is 0 Å². The van der Waals surface area contributed by atoms with Crippen molar-refractivity contribution in [2.45, 2.75) is 39.0 Å². The Bertz CT molecular complexity index is 620. The van der Waals surface area contributed by atoms with E-state index in [2.05, 4.69) is 26.7 Å². The number of rotatable bonds is 8. The van der Waals surface area contributed by atoms with E-state index in [1.807, 2.05) is 42.7 Å². The summed E-state index contributed by atoms with van der Waals surface area (Å²) in [5, 5.41) is 13.9. The molecule has 0 spiro atoms. The molecule has 1 fully saturated rings. The van der Waals surface area contributed by atoms with Gasteiger partial charge in [-0.1, -0.05) is 30.3 Å². The van der Waals surface area contributed by atoms with Crippen LogP contribution < -0.4 is 5.32 Å². The van der Waals surface area contributed by atoms with Crippen molar-refractivity contribution in [2.75, 3.05) is 26.2 Å². The predicted octanol–water partition coefficient (Wildman–Crippen LogP) is 2.44. The van der Waals surface area contributed by atoms with Crippen LogP contribution >= 0.6 is 0 Å². The summed E-state index contributed by atoms with van der Waals surface area (Å²) < 4.78 is 2.18. The fourth-order valence-electron chi connectivity index (χ4n) is 3.58. The van der Waals surface area contributed by atoms with Crippen molar-refractivity contribution in [1.29, 1.82) is 0 Å². The van der Waals surface area contributed by atoms with E-state index in [0.717, 1.165) is 56.6 Å². The van der Waals surface area contributed by atoms with Gasteiger partial charge in [0, 0.05) is 25.5 Å². The number of aryl methyl sites for hydroxylation is 1. The number of aliphatic hydroxyl groups excluding tert-OH is 1. The lowest BCUT2D eigenvalue weighted by Gasteiger charge is -2.33. The number of aliphatic hydroxyl groups is 1. The molecule has 3 rings (SSSR count). The number of nitrogens with zero attached hydrogens (tertiary/aromatic N) is 3. The van der Waals surface area contributed by atoms with Crippen molar-refractivity contribution in [2.24, 2.45) is 5.92 Å². The molecule has 2 heterocycles. The second kappa shape index (κ2) is 9.13. The molecule has 1 atom stereocenters. The van der Waals surface area contributed by atoms with Gasteiger partial charge >= 0.3 is 0 Å². The molecule has 1 aliphatic rings. The maximum atomic E-state index is 10.4. The van der Waals surface area contributed by atoms with E-state index in [4.69, 9.17) is 0 Å². The smallest absolute Gasteiger partial charge is 0.122 e. The van der Waals surface area contributed by atoms with Crippen LogP contribution in [0.1, 0.15) is 37.3 Å². The third-order valence-electron chi connectivity index (χ3n) is 5.18. The molecule has 5 nitrogen and oxygen atoms in total. The van der Waals surface area contributed by atoms with E-state index >= 15 is 0 Å². The van der Waals surface area contributed by atoms with E-state index in [0.29, 0.717) is 0 Å². The highest BCUT2D eigenvalue weighted by atomic mass is 16.3. The van der Waals surface area contributed by atoms with Crippen LogP contribution in [-0.2, 0) is 13.1 Å². The highest BCUT2D eigenvalue weighted by Gasteiger charge is 2.21. The molecule has 2 aromatic rings. The van der Waals surface area contributed by atoms with Gasteiger partial charge in [0.2, 0.25) is 0 Å². The summed E-state index contributed by atoms with van der Waals surface area (Å²) in [6, 6.07) is 9.96. The number of piperidine rings is 1. The average molecular weight is 342 g/mol. The zero-order valence-corrected chi connectivity index (χ0v) is 15.1. The Kier molecular flexibility index (Phi) is 6.62. The zero-order chi connectivity index (χ0) is 17.5. The van der Waals surface area contributed by atoms with Crippen molar-refractivity contribution in [3.05, 3.63) is 54.1 Å². The maximum Gasteiger partial charge on any atom is 0.122 e. The number of benzene rings is 1. The van der Waals surface area contributed by atoms with E-state index < -0.39 is 0 Å². The van der Waals surface area contributed by atoms with Crippen LogP contribution in [0.15, 0.2) is 42.7 Å². The Morgan fingerprint density at radius 2 is 2.00 bits per heavy atom. The van der Waals surface area contributed by atoms with Crippen molar-refractivity contribution in [3.63, 3.8) is 0 Å². The van der Waals surface area contributed by atoms with Gasteiger partial charge in [0.1, 0.15) is 5.82 Å². The number of aromatic nitrogens is 2. The van der Waals surface area contributed by atoms with Crippen LogP contribution in [0.3, 0.4) is 0 Å². The number of imidazole rings is 1. The number of likely N-dealkylation sites (tertiary alicyclic amines) is 1. The topological polar surface area (TPSA) is 53.3 Å². The molecule has 1 aromatic heterocycles. The lowest BCUT2D eigenvalue weighted by molar-refractivity contribution is 0.0891. The monoisotopic (exact) mass is 342 g/mol. The molecule has 25 heavy (non-hydrogen) atoms. The first-order valence-electron chi connectivity index (χ1n) is 9.42. The van der Waals surface area contributed by atoms with Crippen molar-refractivity contribution in [1.82, 2.24) is 19.8 Å². The lowest BCUT2D eigenvalue weighted by Crippen LogP contribution is -2.39. The SMILES string of the molecule is CCn1ccnc1CNCC1CCN(C[C@@H](O)c2ccccc2)CC1. The fourth-order valence-corrected chi connectivity index (χ4v) is 3.58. The number of hydrogen-bond acceptors (Lipinski definition) is 4. The summed E-state index contributed by atoms with van der Waals surface area (Å²) in [4.78, 5) is 6.79. The lowest BCUT2D eigenvalue weighted by atomic mass is 9.96. The number of nitrogens with one attached hydrogen (secondary N) is 1. The van der Waals surface area contributed by atoms with E-state index in [1.54, 1.807) is 0 Å². The van der Waals surface area contributed by atoms with Gasteiger partial charge in [-0.15, -0.1) is 0 Å². The highest BCUT2D eigenvalue weighted by molar-refractivity contribution is 5.17. The molecule has 1 aliphatic heterocycles. The maximum absolute atomic E-state index is 10.4. The van der Waals surface area contributed by atoms with Crippen LogP contribution in [0.2, 0.25) is 0 Å². The molecular formula is C20H30N4O. The first-order chi connectivity index (χ1) is 12.3. The minimum atomic E-state index is -0.385. The summed E-state index contributed by atoms with van der Waals surface area (Å²) in [5.74, 6) is 1.83. The van der Waals surface area contributed by atoms with Crippen molar-refractivity contribution in [3.8, 4) is 0 Å². The summed E-state index contributed by atoms with van der Waals surface area (Å²) in [6.07, 6.45) is 5.90. The Balaban J connectivity index is 1.36. The largest absolute Gasteiger partial charge is 0.387 e. The molecular weight excluding hydrogens is 312 g/mol. The third-order valence-corrected chi connectivity index (χ3v) is 5.18. The molecule has 1 aromatic carbocycles. The van der Waals surface area contributed by atoms with Gasteiger partial charge in [-0.05, 0) is 50.9 Å². The van der Waals surface area contributed by atoms with Crippen molar-refractivity contribution < 1.29 is 5.11 Å². The molecule has 0 saturated carbocycles. The molecule has 0 aliphatic carbocycles.